The first-order chi connectivity index (χ1) is 20.3. The Morgan fingerprint density at radius 1 is 1.19 bits per heavy atom. The minimum Gasteiger partial charge on any atom is -0.462 e. The summed E-state index contributed by atoms with van der Waals surface area (Å²) in [5.41, 5.74) is -4.14. The van der Waals surface area contributed by atoms with Crippen molar-refractivity contribution < 1.29 is 37.4 Å². The van der Waals surface area contributed by atoms with Crippen LogP contribution in [0.4, 0.5) is 4.39 Å². The number of hydrogen-bond donors (Lipinski definition) is 3. The number of H-pyrrole nitrogens is 1. The molecule has 43 heavy (non-hydrogen) atoms. The van der Waals surface area contributed by atoms with Gasteiger partial charge in [0.1, 0.15) is 24.0 Å². The molecule has 6 unspecified atom stereocenters. The van der Waals surface area contributed by atoms with E-state index in [0.717, 1.165) is 43.9 Å². The summed E-state index contributed by atoms with van der Waals surface area (Å²) in [6.07, 6.45) is -4.28. The van der Waals surface area contributed by atoms with Crippen LogP contribution < -0.4 is 20.9 Å². The molecular weight excluding hydrogens is 604 g/mol. The third-order valence-corrected chi connectivity index (χ3v) is 9.66. The molecule has 1 fully saturated rings. The van der Waals surface area contributed by atoms with E-state index < -0.39 is 67.8 Å². The number of ether oxygens (including phenoxy) is 2. The van der Waals surface area contributed by atoms with Crippen LogP contribution in [-0.2, 0) is 23.4 Å². The Kier molecular flexibility index (Phi) is 8.63. The molecule has 12 nitrogen and oxygen atoms in total. The minimum absolute atomic E-state index is 0.164. The number of fused-ring (bicyclic) bond motifs is 3. The number of thiophene rings is 1. The van der Waals surface area contributed by atoms with Gasteiger partial charge in [-0.25, -0.2) is 13.8 Å². The Morgan fingerprint density at radius 3 is 2.63 bits per heavy atom. The molecule has 230 valence electrons. The predicted molar refractivity (Wildman–Crippen MR) is 158 cm³/mol. The highest BCUT2D eigenvalue weighted by Crippen LogP contribution is 2.48. The van der Waals surface area contributed by atoms with Crippen LogP contribution in [0.25, 0.3) is 20.2 Å². The van der Waals surface area contributed by atoms with Gasteiger partial charge < -0.3 is 19.1 Å². The zero-order chi connectivity index (χ0) is 31.1. The highest BCUT2D eigenvalue weighted by Gasteiger charge is 2.56. The zero-order valence-corrected chi connectivity index (χ0v) is 25.4. The van der Waals surface area contributed by atoms with E-state index in [1.165, 1.54) is 6.92 Å². The first kappa shape index (κ1) is 31.0. The summed E-state index contributed by atoms with van der Waals surface area (Å²) < 4.78 is 54.9. The quantitative estimate of drug-likeness (QED) is 0.172. The van der Waals surface area contributed by atoms with Crippen molar-refractivity contribution in [3.05, 3.63) is 75.6 Å². The van der Waals surface area contributed by atoms with Crippen LogP contribution in [0, 0.1) is 0 Å². The second kappa shape index (κ2) is 11.9. The Labute approximate surface area is 248 Å². The number of nitrogens with one attached hydrogen (secondary N) is 2. The highest BCUT2D eigenvalue weighted by molar-refractivity contribution is 7.52. The Balaban J connectivity index is 1.41. The summed E-state index contributed by atoms with van der Waals surface area (Å²) >= 11 is 1.58. The number of esters is 1. The maximum atomic E-state index is 15.7. The Hall–Kier alpha value is -3.39. The second-order valence-corrected chi connectivity index (χ2v) is 13.4. The molecule has 1 saturated heterocycles. The number of nitrogens with zero attached hydrogens (tertiary/aromatic N) is 1. The van der Waals surface area contributed by atoms with E-state index in [0.29, 0.717) is 0 Å². The molecule has 2 aromatic heterocycles. The van der Waals surface area contributed by atoms with E-state index in [4.69, 9.17) is 18.5 Å². The monoisotopic (exact) mass is 635 g/mol. The lowest BCUT2D eigenvalue weighted by atomic mass is 9.98. The largest absolute Gasteiger partial charge is 0.462 e. The van der Waals surface area contributed by atoms with Gasteiger partial charge in [0.2, 0.25) is 0 Å². The van der Waals surface area contributed by atoms with Crippen molar-refractivity contribution in [3.8, 4) is 5.75 Å². The van der Waals surface area contributed by atoms with Crippen LogP contribution in [0.15, 0.2) is 64.3 Å². The second-order valence-electron chi connectivity index (χ2n) is 10.6. The minimum atomic E-state index is -4.42. The lowest BCUT2D eigenvalue weighted by Gasteiger charge is -2.25. The summed E-state index contributed by atoms with van der Waals surface area (Å²) in [6, 6.07) is 12.7. The number of aromatic amines is 1. The average molecular weight is 636 g/mol. The standard InChI is InChI=1S/C28H31FN3O9PS/c1-15(2)39-25(35)16(3)31-42(37,41-17-9-10-22-19(13-17)18-7-5-6-8-21(18)43-22)38-14-20-24(34)28(4,29)26(40-20)32-12-11-23(33)30-27(32)36/h5-13,15-16,20,24,26,34H,14H2,1-4H3,(H,31,37)(H,30,33,36). The number of alkyl halides is 1. The molecular formula is C28H31FN3O9PS. The summed E-state index contributed by atoms with van der Waals surface area (Å²) in [5.74, 6) is -0.551. The summed E-state index contributed by atoms with van der Waals surface area (Å²) in [5, 5.41) is 15.1. The lowest BCUT2D eigenvalue weighted by molar-refractivity contribution is -0.149. The molecule has 0 bridgehead atoms. The van der Waals surface area contributed by atoms with Crippen LogP contribution >= 0.6 is 19.1 Å². The maximum Gasteiger partial charge on any atom is 0.459 e. The fourth-order valence-corrected chi connectivity index (χ4v) is 7.33. The van der Waals surface area contributed by atoms with Gasteiger partial charge in [-0.1, -0.05) is 18.2 Å². The van der Waals surface area contributed by atoms with Crippen LogP contribution in [0.1, 0.15) is 33.9 Å². The predicted octanol–water partition coefficient (Wildman–Crippen LogP) is 4.02. The number of rotatable bonds is 10. The fraction of sp³-hybridized carbons (Fsp3) is 0.393. The Bertz CT molecular complexity index is 1820. The number of halogens is 1. The zero-order valence-electron chi connectivity index (χ0n) is 23.7. The molecule has 3 heterocycles. The van der Waals surface area contributed by atoms with Crippen LogP contribution in [0.3, 0.4) is 0 Å². The van der Waals surface area contributed by atoms with E-state index in [1.807, 2.05) is 29.2 Å². The molecule has 1 aliphatic rings. The van der Waals surface area contributed by atoms with Gasteiger partial charge in [-0.2, -0.15) is 5.09 Å². The van der Waals surface area contributed by atoms with Crippen molar-refractivity contribution in [1.82, 2.24) is 14.6 Å². The smallest absolute Gasteiger partial charge is 0.459 e. The molecule has 6 atom stereocenters. The van der Waals surface area contributed by atoms with Gasteiger partial charge in [0, 0.05) is 32.4 Å². The molecule has 0 aliphatic carbocycles. The molecule has 0 amide bonds. The third kappa shape index (κ3) is 6.44. The number of aliphatic hydroxyl groups is 1. The van der Waals surface area contributed by atoms with Gasteiger partial charge in [-0.3, -0.25) is 23.7 Å². The molecule has 0 spiro atoms. The number of hydrogen-bond acceptors (Lipinski definition) is 10. The van der Waals surface area contributed by atoms with Crippen LogP contribution in [0.5, 0.6) is 5.75 Å². The SMILES string of the molecule is CC(C)OC(=O)C(C)NP(=O)(OCC1OC(n2ccc(=O)[nH]c2=O)C(C)(F)C1O)Oc1ccc2sc3ccccc3c2c1. The van der Waals surface area contributed by atoms with Gasteiger partial charge >= 0.3 is 19.4 Å². The van der Waals surface area contributed by atoms with E-state index in [2.05, 4.69) is 5.09 Å². The summed E-state index contributed by atoms with van der Waals surface area (Å²) in [7, 11) is -4.42. The number of aliphatic hydroxyl groups excluding tert-OH is 1. The molecule has 0 radical (unpaired) electrons. The number of aromatic nitrogens is 2. The number of benzene rings is 2. The molecule has 2 aromatic carbocycles. The third-order valence-electron chi connectivity index (χ3n) is 6.86. The normalized spacial score (nSPS) is 24.3. The van der Waals surface area contributed by atoms with E-state index >= 15 is 4.39 Å². The van der Waals surface area contributed by atoms with Crippen molar-refractivity contribution >= 4 is 45.2 Å². The molecule has 5 rings (SSSR count). The van der Waals surface area contributed by atoms with Crippen molar-refractivity contribution in [3.63, 3.8) is 0 Å². The molecule has 4 aromatic rings. The molecule has 15 heteroatoms. The van der Waals surface area contributed by atoms with Gasteiger partial charge in [-0.05, 0) is 52.0 Å². The first-order valence-corrected chi connectivity index (χ1v) is 15.8. The number of carbonyl (C=O) groups excluding carboxylic acids is 1. The first-order valence-electron chi connectivity index (χ1n) is 13.4. The molecule has 3 N–H and O–H groups in total. The summed E-state index contributed by atoms with van der Waals surface area (Å²) in [6.45, 7) is 5.11. The highest BCUT2D eigenvalue weighted by atomic mass is 32.1. The van der Waals surface area contributed by atoms with Gasteiger partial charge in [0.05, 0.1) is 12.7 Å². The van der Waals surface area contributed by atoms with Gasteiger partial charge in [0.15, 0.2) is 11.9 Å². The van der Waals surface area contributed by atoms with E-state index in [-0.39, 0.29) is 5.75 Å². The summed E-state index contributed by atoms with van der Waals surface area (Å²) in [4.78, 5) is 38.3. The van der Waals surface area contributed by atoms with Crippen LogP contribution in [0.2, 0.25) is 0 Å². The number of carbonyl (C=O) groups is 1. The maximum absolute atomic E-state index is 15.7. The Morgan fingerprint density at radius 2 is 1.91 bits per heavy atom. The van der Waals surface area contributed by atoms with Crippen molar-refractivity contribution in [2.45, 2.75) is 63.9 Å². The molecule has 0 saturated carbocycles. The topological polar surface area (TPSA) is 158 Å². The molecule has 1 aliphatic heterocycles. The van der Waals surface area contributed by atoms with E-state index in [9.17, 15) is 24.1 Å². The van der Waals surface area contributed by atoms with Crippen molar-refractivity contribution in [2.24, 2.45) is 0 Å². The lowest BCUT2D eigenvalue weighted by Crippen LogP contribution is -2.43. The van der Waals surface area contributed by atoms with E-state index in [1.54, 1.807) is 43.4 Å². The van der Waals surface area contributed by atoms with Crippen molar-refractivity contribution in [1.29, 1.82) is 0 Å². The van der Waals surface area contributed by atoms with Gasteiger partial charge in [0.25, 0.3) is 5.56 Å². The average Bonchev–Trinajstić information content (AvgIpc) is 3.41. The fourth-order valence-electron chi connectivity index (χ4n) is 4.75. The van der Waals surface area contributed by atoms with Crippen LogP contribution in [-0.4, -0.2) is 57.3 Å². The van der Waals surface area contributed by atoms with Gasteiger partial charge in [-0.15, -0.1) is 11.3 Å². The van der Waals surface area contributed by atoms with Crippen molar-refractivity contribution in [2.75, 3.05) is 6.61 Å².